The third kappa shape index (κ3) is 3.54. The molecule has 2 rings (SSSR count). The summed E-state index contributed by atoms with van der Waals surface area (Å²) >= 11 is 0. The van der Waals surface area contributed by atoms with Gasteiger partial charge in [-0.2, -0.15) is 0 Å². The van der Waals surface area contributed by atoms with Gasteiger partial charge < -0.3 is 19.6 Å². The van der Waals surface area contributed by atoms with Gasteiger partial charge >= 0.3 is 0 Å². The first kappa shape index (κ1) is 14.5. The van der Waals surface area contributed by atoms with Crippen molar-refractivity contribution in [1.82, 2.24) is 5.32 Å². The first-order valence-electron chi connectivity index (χ1n) is 6.75. The molecule has 2 unspecified atom stereocenters. The van der Waals surface area contributed by atoms with Crippen molar-refractivity contribution < 1.29 is 14.3 Å². The molecule has 0 bridgehead atoms. The molecule has 2 atom stereocenters. The summed E-state index contributed by atoms with van der Waals surface area (Å²) in [5.41, 5.74) is 0.858. The molecule has 0 saturated carbocycles. The van der Waals surface area contributed by atoms with Gasteiger partial charge in [-0.05, 0) is 32.0 Å². The van der Waals surface area contributed by atoms with Crippen molar-refractivity contribution in [3.8, 4) is 11.5 Å². The smallest absolute Gasteiger partial charge is 0.124 e. The van der Waals surface area contributed by atoms with Gasteiger partial charge in [0.15, 0.2) is 0 Å². The van der Waals surface area contributed by atoms with Crippen LogP contribution in [0, 0.1) is 0 Å². The van der Waals surface area contributed by atoms with Crippen LogP contribution in [-0.2, 0) is 6.42 Å². The van der Waals surface area contributed by atoms with E-state index in [4.69, 9.17) is 9.15 Å². The van der Waals surface area contributed by atoms with E-state index in [0.717, 1.165) is 17.7 Å². The number of benzene rings is 1. The van der Waals surface area contributed by atoms with Crippen molar-refractivity contribution in [2.24, 2.45) is 0 Å². The molecule has 0 saturated heterocycles. The molecule has 0 radical (unpaired) electrons. The molecule has 2 N–H and O–H groups in total. The second-order valence-corrected chi connectivity index (χ2v) is 5.00. The second kappa shape index (κ2) is 6.48. The molecule has 0 aliphatic rings. The second-order valence-electron chi connectivity index (χ2n) is 5.00. The molecule has 0 aliphatic carbocycles. The maximum absolute atomic E-state index is 10.0. The Kier molecular flexibility index (Phi) is 4.69. The van der Waals surface area contributed by atoms with Crippen LogP contribution in [0.3, 0.4) is 0 Å². The Morgan fingerprint density at radius 2 is 2.10 bits per heavy atom. The summed E-state index contributed by atoms with van der Waals surface area (Å²) in [6.45, 7) is 4.12. The van der Waals surface area contributed by atoms with E-state index in [9.17, 15) is 5.11 Å². The number of phenolic OH excluding ortho intramolecular Hbond substituents is 1. The monoisotopic (exact) mass is 275 g/mol. The molecule has 4 nitrogen and oxygen atoms in total. The molecular weight excluding hydrogens is 254 g/mol. The molecule has 20 heavy (non-hydrogen) atoms. The fourth-order valence-electron chi connectivity index (χ4n) is 2.32. The highest BCUT2D eigenvalue weighted by Gasteiger charge is 2.14. The number of nitrogens with one attached hydrogen (secondary N) is 1. The lowest BCUT2D eigenvalue weighted by molar-refractivity contribution is 0.397. The molecule has 0 aliphatic heterocycles. The summed E-state index contributed by atoms with van der Waals surface area (Å²) in [5.74, 6) is 1.85. The van der Waals surface area contributed by atoms with Crippen molar-refractivity contribution in [1.29, 1.82) is 0 Å². The number of furan rings is 1. The summed E-state index contributed by atoms with van der Waals surface area (Å²) in [7, 11) is 1.58. The van der Waals surface area contributed by atoms with Crippen LogP contribution in [0.2, 0.25) is 0 Å². The third-order valence-electron chi connectivity index (χ3n) is 3.33. The number of ether oxygens (including phenoxy) is 1. The molecular formula is C16H21NO3. The Balaban J connectivity index is 1.98. The standard InChI is InChI=1S/C16H21NO3/c1-11(9-14-5-4-8-20-14)17-12(2)15-7-6-13(19-3)10-16(15)18/h4-8,10-12,17-18H,9H2,1-3H3. The molecule has 0 amide bonds. The predicted molar refractivity (Wildman–Crippen MR) is 78.1 cm³/mol. The lowest BCUT2D eigenvalue weighted by atomic mass is 10.0. The zero-order valence-electron chi connectivity index (χ0n) is 12.1. The largest absolute Gasteiger partial charge is 0.507 e. The number of hydrogen-bond donors (Lipinski definition) is 2. The first-order chi connectivity index (χ1) is 9.60. The molecule has 1 heterocycles. The summed E-state index contributed by atoms with van der Waals surface area (Å²) in [6.07, 6.45) is 2.50. The lowest BCUT2D eigenvalue weighted by Gasteiger charge is -2.20. The highest BCUT2D eigenvalue weighted by molar-refractivity contribution is 5.41. The molecule has 0 spiro atoms. The van der Waals surface area contributed by atoms with E-state index in [1.807, 2.05) is 31.2 Å². The number of aromatic hydroxyl groups is 1. The number of phenols is 1. The molecule has 2 aromatic rings. The van der Waals surface area contributed by atoms with Gasteiger partial charge in [0.2, 0.25) is 0 Å². The van der Waals surface area contributed by atoms with Gasteiger partial charge in [0.25, 0.3) is 0 Å². The zero-order chi connectivity index (χ0) is 14.5. The minimum atomic E-state index is 0.0471. The molecule has 1 aromatic heterocycles. The quantitative estimate of drug-likeness (QED) is 0.849. The van der Waals surface area contributed by atoms with E-state index in [0.29, 0.717) is 5.75 Å². The Bertz CT molecular complexity index is 537. The maximum atomic E-state index is 10.0. The average Bonchev–Trinajstić information content (AvgIpc) is 2.90. The lowest BCUT2D eigenvalue weighted by Crippen LogP contribution is -2.30. The minimum absolute atomic E-state index is 0.0471. The summed E-state index contributed by atoms with van der Waals surface area (Å²) in [4.78, 5) is 0. The van der Waals surface area contributed by atoms with E-state index >= 15 is 0 Å². The number of hydrogen-bond acceptors (Lipinski definition) is 4. The van der Waals surface area contributed by atoms with Gasteiger partial charge in [-0.1, -0.05) is 6.07 Å². The van der Waals surface area contributed by atoms with Crippen molar-refractivity contribution in [2.75, 3.05) is 7.11 Å². The molecule has 0 fully saturated rings. The van der Waals surface area contributed by atoms with Crippen LogP contribution in [0.15, 0.2) is 41.0 Å². The summed E-state index contributed by atoms with van der Waals surface area (Å²) in [6, 6.07) is 9.51. The van der Waals surface area contributed by atoms with Gasteiger partial charge in [0.1, 0.15) is 17.3 Å². The van der Waals surface area contributed by atoms with E-state index in [2.05, 4.69) is 12.2 Å². The van der Waals surface area contributed by atoms with Crippen LogP contribution in [0.4, 0.5) is 0 Å². The fourth-order valence-corrected chi connectivity index (χ4v) is 2.32. The van der Waals surface area contributed by atoms with Gasteiger partial charge in [0.05, 0.1) is 13.4 Å². The highest BCUT2D eigenvalue weighted by atomic mass is 16.5. The summed E-state index contributed by atoms with van der Waals surface area (Å²) in [5, 5.41) is 13.5. The third-order valence-corrected chi connectivity index (χ3v) is 3.33. The Hall–Kier alpha value is -1.94. The van der Waals surface area contributed by atoms with Crippen LogP contribution in [0.5, 0.6) is 11.5 Å². The van der Waals surface area contributed by atoms with Crippen LogP contribution in [0.25, 0.3) is 0 Å². The van der Waals surface area contributed by atoms with Crippen molar-refractivity contribution in [3.05, 3.63) is 47.9 Å². The van der Waals surface area contributed by atoms with E-state index in [1.54, 1.807) is 19.4 Å². The molecule has 1 aromatic carbocycles. The minimum Gasteiger partial charge on any atom is -0.507 e. The first-order valence-corrected chi connectivity index (χ1v) is 6.75. The van der Waals surface area contributed by atoms with Crippen molar-refractivity contribution in [2.45, 2.75) is 32.4 Å². The predicted octanol–water partition coefficient (Wildman–Crippen LogP) is 3.28. The topological polar surface area (TPSA) is 54.6 Å². The van der Waals surface area contributed by atoms with Crippen LogP contribution in [-0.4, -0.2) is 18.3 Å². The normalized spacial score (nSPS) is 13.9. The Morgan fingerprint density at radius 1 is 1.30 bits per heavy atom. The van der Waals surface area contributed by atoms with Gasteiger partial charge in [-0.25, -0.2) is 0 Å². The van der Waals surface area contributed by atoms with Gasteiger partial charge in [-0.15, -0.1) is 0 Å². The molecule has 4 heteroatoms. The Morgan fingerprint density at radius 3 is 2.70 bits per heavy atom. The Labute approximate surface area is 119 Å². The fraction of sp³-hybridized carbons (Fsp3) is 0.375. The SMILES string of the molecule is COc1ccc(C(C)NC(C)Cc2ccco2)c(O)c1. The van der Waals surface area contributed by atoms with Crippen molar-refractivity contribution >= 4 is 0 Å². The zero-order valence-corrected chi connectivity index (χ0v) is 12.1. The van der Waals surface area contributed by atoms with Crippen molar-refractivity contribution in [3.63, 3.8) is 0 Å². The highest BCUT2D eigenvalue weighted by Crippen LogP contribution is 2.28. The van der Waals surface area contributed by atoms with E-state index < -0.39 is 0 Å². The van der Waals surface area contributed by atoms with Crippen LogP contribution < -0.4 is 10.1 Å². The van der Waals surface area contributed by atoms with E-state index in [1.165, 1.54) is 0 Å². The van der Waals surface area contributed by atoms with Gasteiger partial charge in [0, 0.05) is 30.1 Å². The van der Waals surface area contributed by atoms with E-state index in [-0.39, 0.29) is 17.8 Å². The molecule has 108 valence electrons. The van der Waals surface area contributed by atoms with Crippen LogP contribution >= 0.6 is 0 Å². The van der Waals surface area contributed by atoms with Gasteiger partial charge in [-0.3, -0.25) is 0 Å². The number of rotatable bonds is 6. The average molecular weight is 275 g/mol. The number of methoxy groups -OCH3 is 1. The summed E-state index contributed by atoms with van der Waals surface area (Å²) < 4.78 is 10.4. The van der Waals surface area contributed by atoms with Crippen LogP contribution in [0.1, 0.15) is 31.2 Å². The maximum Gasteiger partial charge on any atom is 0.124 e.